The van der Waals surface area contributed by atoms with E-state index < -0.39 is 0 Å². The largest absolute Gasteiger partial charge is 0.0654 e. The molecule has 0 heteroatoms. The summed E-state index contributed by atoms with van der Waals surface area (Å²) in [6.45, 7) is 11.3. The average molecular weight is 226 g/mol. The molecular formula is C16H34. The smallest absolute Gasteiger partial charge is 0.0386 e. The van der Waals surface area contributed by atoms with Crippen molar-refractivity contribution in [2.45, 2.75) is 86.0 Å². The van der Waals surface area contributed by atoms with Crippen molar-refractivity contribution in [1.29, 1.82) is 0 Å². The molecule has 2 fully saturated rings. The van der Waals surface area contributed by atoms with Crippen LogP contribution in [0.15, 0.2) is 0 Å². The highest BCUT2D eigenvalue weighted by Gasteiger charge is 2.30. The Morgan fingerprint density at radius 2 is 1.31 bits per heavy atom. The number of hydrogen-bond acceptors (Lipinski definition) is 0. The van der Waals surface area contributed by atoms with Crippen molar-refractivity contribution in [2.75, 3.05) is 0 Å². The van der Waals surface area contributed by atoms with Crippen LogP contribution in [0.25, 0.3) is 0 Å². The lowest BCUT2D eigenvalue weighted by atomic mass is 10.2. The van der Waals surface area contributed by atoms with E-state index in [1.807, 2.05) is 0 Å². The number of rotatable bonds is 4. The molecule has 2 unspecified atom stereocenters. The third kappa shape index (κ3) is 12.1. The van der Waals surface area contributed by atoms with Crippen molar-refractivity contribution in [1.82, 2.24) is 0 Å². The molecule has 98 valence electrons. The van der Waals surface area contributed by atoms with Crippen LogP contribution in [0.1, 0.15) is 86.0 Å². The quantitative estimate of drug-likeness (QED) is 0.547. The molecule has 0 N–H and O–H groups in total. The van der Waals surface area contributed by atoms with Crippen LogP contribution in [0.4, 0.5) is 0 Å². The molecule has 2 saturated carbocycles. The van der Waals surface area contributed by atoms with Crippen molar-refractivity contribution in [3.8, 4) is 0 Å². The maximum Gasteiger partial charge on any atom is -0.0386 e. The lowest BCUT2D eigenvalue weighted by Gasteiger charge is -1.86. The highest BCUT2D eigenvalue weighted by atomic mass is 14.4. The average Bonchev–Trinajstić information content (AvgIpc) is 3.14. The molecule has 0 aromatic rings. The van der Waals surface area contributed by atoms with Crippen LogP contribution in [0.2, 0.25) is 0 Å². The van der Waals surface area contributed by atoms with Gasteiger partial charge < -0.3 is 0 Å². The molecule has 0 saturated heterocycles. The fourth-order valence-corrected chi connectivity index (χ4v) is 1.69. The highest BCUT2D eigenvalue weighted by Crippen LogP contribution is 2.40. The van der Waals surface area contributed by atoms with Gasteiger partial charge in [0.25, 0.3) is 0 Å². The molecule has 0 heterocycles. The number of unbranched alkanes of at least 4 members (excludes halogenated alkanes) is 2. The van der Waals surface area contributed by atoms with Crippen molar-refractivity contribution in [3.63, 3.8) is 0 Å². The molecule has 0 aliphatic heterocycles. The van der Waals surface area contributed by atoms with E-state index in [2.05, 4.69) is 34.6 Å². The van der Waals surface area contributed by atoms with Crippen LogP contribution in [0.3, 0.4) is 0 Å². The van der Waals surface area contributed by atoms with Gasteiger partial charge in [0.15, 0.2) is 0 Å². The molecule has 2 rings (SSSR count). The fourth-order valence-electron chi connectivity index (χ4n) is 1.69. The van der Waals surface area contributed by atoms with Crippen LogP contribution in [0.5, 0.6) is 0 Å². The Balaban J connectivity index is 0.000000221. The van der Waals surface area contributed by atoms with Crippen molar-refractivity contribution in [2.24, 2.45) is 17.8 Å². The van der Waals surface area contributed by atoms with Crippen LogP contribution < -0.4 is 0 Å². The van der Waals surface area contributed by atoms with Gasteiger partial charge in [-0.05, 0) is 24.2 Å². The predicted molar refractivity (Wildman–Crippen MR) is 75.8 cm³/mol. The summed E-state index contributed by atoms with van der Waals surface area (Å²) in [5, 5.41) is 0. The van der Waals surface area contributed by atoms with Gasteiger partial charge in [-0.2, -0.15) is 0 Å². The lowest BCUT2D eigenvalue weighted by molar-refractivity contribution is 0.659. The summed E-state index contributed by atoms with van der Waals surface area (Å²) in [7, 11) is 0. The van der Waals surface area contributed by atoms with Gasteiger partial charge in [-0.1, -0.05) is 79.6 Å². The van der Waals surface area contributed by atoms with Gasteiger partial charge in [0.2, 0.25) is 0 Å². The van der Waals surface area contributed by atoms with Crippen LogP contribution >= 0.6 is 0 Å². The van der Waals surface area contributed by atoms with Crippen LogP contribution in [0, 0.1) is 17.8 Å². The molecule has 0 aromatic heterocycles. The van der Waals surface area contributed by atoms with Gasteiger partial charge in [-0.3, -0.25) is 0 Å². The van der Waals surface area contributed by atoms with Crippen LogP contribution in [-0.4, -0.2) is 0 Å². The first kappa shape index (κ1) is 16.0. The second-order valence-corrected chi connectivity index (χ2v) is 5.80. The Hall–Kier alpha value is 0. The first-order valence-electron chi connectivity index (χ1n) is 7.65. The van der Waals surface area contributed by atoms with E-state index in [9.17, 15) is 0 Å². The van der Waals surface area contributed by atoms with Gasteiger partial charge in [0, 0.05) is 0 Å². The molecular weight excluding hydrogens is 192 g/mol. The summed E-state index contributed by atoms with van der Waals surface area (Å²) in [5.74, 6) is 3.27. The van der Waals surface area contributed by atoms with Gasteiger partial charge in [0.1, 0.15) is 0 Å². The molecule has 0 radical (unpaired) electrons. The Kier molecular flexibility index (Phi) is 10.2. The van der Waals surface area contributed by atoms with E-state index in [0.717, 1.165) is 17.8 Å². The topological polar surface area (TPSA) is 0 Å². The summed E-state index contributed by atoms with van der Waals surface area (Å²) in [5.41, 5.74) is 0. The SMILES string of the molecule is CC1CC1.CCCC1CC1C.CCCCC. The summed E-state index contributed by atoms with van der Waals surface area (Å²) >= 11 is 0. The minimum Gasteiger partial charge on any atom is -0.0654 e. The molecule has 2 aliphatic carbocycles. The zero-order valence-electron chi connectivity index (χ0n) is 12.4. The maximum absolute atomic E-state index is 2.35. The summed E-state index contributed by atoms with van der Waals surface area (Å²) in [6, 6.07) is 0. The summed E-state index contributed by atoms with van der Waals surface area (Å²) in [6.07, 6.45) is 11.4. The van der Waals surface area contributed by atoms with Crippen molar-refractivity contribution in [3.05, 3.63) is 0 Å². The van der Waals surface area contributed by atoms with Gasteiger partial charge in [0.05, 0.1) is 0 Å². The maximum atomic E-state index is 2.35. The second kappa shape index (κ2) is 10.2. The Morgan fingerprint density at radius 1 is 0.875 bits per heavy atom. The summed E-state index contributed by atoms with van der Waals surface area (Å²) < 4.78 is 0. The highest BCUT2D eigenvalue weighted by molar-refractivity contribution is 4.81. The van der Waals surface area contributed by atoms with Crippen molar-refractivity contribution < 1.29 is 0 Å². The van der Waals surface area contributed by atoms with Gasteiger partial charge in [-0.25, -0.2) is 0 Å². The Labute approximate surface area is 104 Å². The monoisotopic (exact) mass is 226 g/mol. The molecule has 0 nitrogen and oxygen atoms in total. The van der Waals surface area contributed by atoms with E-state index in [1.165, 1.54) is 51.4 Å². The molecule has 0 spiro atoms. The molecule has 0 aromatic carbocycles. The Bertz CT molecular complexity index is 133. The van der Waals surface area contributed by atoms with Gasteiger partial charge in [-0.15, -0.1) is 0 Å². The molecule has 0 bridgehead atoms. The molecule has 16 heavy (non-hydrogen) atoms. The van der Waals surface area contributed by atoms with Crippen LogP contribution in [-0.2, 0) is 0 Å². The van der Waals surface area contributed by atoms with E-state index in [0.29, 0.717) is 0 Å². The standard InChI is InChI=1S/C7H14.C5H12.C4H8/c1-3-4-7-5-6(7)2;1-3-5-4-2;1-4-2-3-4/h6-7H,3-5H2,1-2H3;3-5H2,1-2H3;4H,2-3H2,1H3. The predicted octanol–water partition coefficient (Wildman–Crippen LogP) is 6.06. The molecule has 2 aliphatic rings. The minimum absolute atomic E-state index is 1.07. The fraction of sp³-hybridized carbons (Fsp3) is 1.00. The molecule has 2 atom stereocenters. The molecule has 0 amide bonds. The summed E-state index contributed by atoms with van der Waals surface area (Å²) in [4.78, 5) is 0. The Morgan fingerprint density at radius 3 is 1.38 bits per heavy atom. The zero-order valence-corrected chi connectivity index (χ0v) is 12.4. The third-order valence-corrected chi connectivity index (χ3v) is 3.51. The van der Waals surface area contributed by atoms with Crippen molar-refractivity contribution >= 4 is 0 Å². The second-order valence-electron chi connectivity index (χ2n) is 5.80. The first-order chi connectivity index (χ1) is 7.65. The van der Waals surface area contributed by atoms with E-state index >= 15 is 0 Å². The lowest BCUT2D eigenvalue weighted by Crippen LogP contribution is -1.74. The normalized spacial score (nSPS) is 26.1. The number of hydrogen-bond donors (Lipinski definition) is 0. The van der Waals surface area contributed by atoms with Gasteiger partial charge >= 0.3 is 0 Å². The first-order valence-corrected chi connectivity index (χ1v) is 7.65. The van der Waals surface area contributed by atoms with E-state index in [1.54, 1.807) is 0 Å². The third-order valence-electron chi connectivity index (χ3n) is 3.51. The van der Waals surface area contributed by atoms with E-state index in [-0.39, 0.29) is 0 Å². The minimum atomic E-state index is 1.07. The van der Waals surface area contributed by atoms with E-state index in [4.69, 9.17) is 0 Å². The zero-order chi connectivity index (χ0) is 12.4.